The number of thiophene rings is 1. The molecule has 0 saturated carbocycles. The first kappa shape index (κ1) is 20.1. The quantitative estimate of drug-likeness (QED) is 0.534. The Kier molecular flexibility index (Phi) is 5.28. The normalized spacial score (nSPS) is 11.4. The third-order valence-corrected chi connectivity index (χ3v) is 6.80. The van der Waals surface area contributed by atoms with E-state index in [-0.39, 0.29) is 25.4 Å². The van der Waals surface area contributed by atoms with E-state index in [0.717, 1.165) is 30.3 Å². The molecule has 0 aliphatic carbocycles. The number of nitrogens with one attached hydrogen (secondary N) is 1. The Balaban J connectivity index is 1.95. The van der Waals surface area contributed by atoms with Crippen LogP contribution in [0.25, 0.3) is 11.1 Å². The van der Waals surface area contributed by atoms with Crippen LogP contribution >= 0.6 is 22.9 Å². The molecule has 1 heterocycles. The summed E-state index contributed by atoms with van der Waals surface area (Å²) in [5.41, 5.74) is -0.263. The van der Waals surface area contributed by atoms with Gasteiger partial charge in [0.1, 0.15) is 31.5 Å². The Labute approximate surface area is 166 Å². The number of carboxylic acids is 1. The number of aromatic carboxylic acids is 1. The van der Waals surface area contributed by atoms with E-state index in [2.05, 4.69) is 4.72 Å². The summed E-state index contributed by atoms with van der Waals surface area (Å²) in [7, 11) is -4.16. The maximum Gasteiger partial charge on any atom is 0.339 e. The van der Waals surface area contributed by atoms with Gasteiger partial charge in [-0.25, -0.2) is 22.0 Å². The second-order valence-corrected chi connectivity index (χ2v) is 9.12. The van der Waals surface area contributed by atoms with E-state index < -0.39 is 38.9 Å². The zero-order chi connectivity index (χ0) is 20.6. The highest BCUT2D eigenvalue weighted by Gasteiger charge is 2.22. The molecule has 0 amide bonds. The van der Waals surface area contributed by atoms with Gasteiger partial charge in [-0.1, -0.05) is 11.6 Å². The molecule has 0 saturated heterocycles. The molecular weight excluding hydrogens is 436 g/mol. The number of benzene rings is 2. The van der Waals surface area contributed by atoms with Gasteiger partial charge >= 0.3 is 5.97 Å². The van der Waals surface area contributed by atoms with Gasteiger partial charge in [0, 0.05) is 17.7 Å². The van der Waals surface area contributed by atoms with E-state index in [1.165, 1.54) is 6.07 Å². The van der Waals surface area contributed by atoms with E-state index in [0.29, 0.717) is 17.4 Å². The molecule has 3 rings (SSSR count). The molecule has 0 fully saturated rings. The maximum atomic E-state index is 13.4. The number of carbonyl (C=O) groups is 1. The van der Waals surface area contributed by atoms with Crippen LogP contribution in [0.3, 0.4) is 0 Å². The fourth-order valence-electron chi connectivity index (χ4n) is 2.37. The first-order valence-corrected chi connectivity index (χ1v) is 10.1. The molecule has 6 nitrogen and oxygen atoms in total. The van der Waals surface area contributed by atoms with Crippen molar-refractivity contribution in [1.82, 2.24) is 0 Å². The Hall–Kier alpha value is -2.69. The summed E-state index contributed by atoms with van der Waals surface area (Å²) < 4.78 is 53.9. The highest BCUT2D eigenvalue weighted by Crippen LogP contribution is 2.39. The van der Waals surface area contributed by atoms with Gasteiger partial charge < -0.3 is 10.2 Å². The SMILES string of the molecule is O=C(O)c1ccc(NS(=O)(=O)c2cc(-c3cc(F)cc(F)c3)c(Cl)s2)cc1O. The fourth-order valence-corrected chi connectivity index (χ4v) is 5.18. The number of sulfonamides is 1. The highest BCUT2D eigenvalue weighted by atomic mass is 35.5. The molecule has 3 N–H and O–H groups in total. The first-order chi connectivity index (χ1) is 13.1. The summed E-state index contributed by atoms with van der Waals surface area (Å²) in [5, 5.41) is 18.6. The molecule has 28 heavy (non-hydrogen) atoms. The average Bonchev–Trinajstić information content (AvgIpc) is 2.96. The van der Waals surface area contributed by atoms with Crippen molar-refractivity contribution in [3.8, 4) is 16.9 Å². The molecule has 1 aromatic heterocycles. The number of hydrogen-bond acceptors (Lipinski definition) is 5. The molecule has 0 aliphatic rings. The molecule has 0 radical (unpaired) electrons. The molecule has 0 bridgehead atoms. The van der Waals surface area contributed by atoms with Gasteiger partial charge in [-0.15, -0.1) is 11.3 Å². The van der Waals surface area contributed by atoms with E-state index in [1.54, 1.807) is 0 Å². The highest BCUT2D eigenvalue weighted by molar-refractivity contribution is 7.94. The van der Waals surface area contributed by atoms with Gasteiger partial charge in [0.25, 0.3) is 10.0 Å². The minimum Gasteiger partial charge on any atom is -0.507 e. The van der Waals surface area contributed by atoms with Crippen LogP contribution in [0.5, 0.6) is 5.75 Å². The minimum atomic E-state index is -4.16. The van der Waals surface area contributed by atoms with Gasteiger partial charge in [0.2, 0.25) is 0 Å². The number of aromatic hydroxyl groups is 1. The Morgan fingerprint density at radius 3 is 2.29 bits per heavy atom. The van der Waals surface area contributed by atoms with Crippen molar-refractivity contribution >= 4 is 44.6 Å². The molecule has 0 aliphatic heterocycles. The average molecular weight is 446 g/mol. The van der Waals surface area contributed by atoms with Crippen LogP contribution < -0.4 is 4.72 Å². The van der Waals surface area contributed by atoms with Crippen LogP contribution in [-0.4, -0.2) is 24.6 Å². The van der Waals surface area contributed by atoms with Gasteiger partial charge in [0.15, 0.2) is 0 Å². The third kappa shape index (κ3) is 4.08. The third-order valence-electron chi connectivity index (χ3n) is 3.58. The van der Waals surface area contributed by atoms with Crippen molar-refractivity contribution < 1.29 is 32.2 Å². The number of halogens is 3. The summed E-state index contributed by atoms with van der Waals surface area (Å²) in [6.45, 7) is 0. The van der Waals surface area contributed by atoms with Crippen molar-refractivity contribution in [1.29, 1.82) is 0 Å². The van der Waals surface area contributed by atoms with E-state index >= 15 is 0 Å². The predicted octanol–water partition coefficient (Wildman–Crippen LogP) is 4.55. The second kappa shape index (κ2) is 7.38. The molecule has 11 heteroatoms. The van der Waals surface area contributed by atoms with Crippen molar-refractivity contribution in [2.75, 3.05) is 4.72 Å². The molecule has 0 atom stereocenters. The molecule has 0 unspecified atom stereocenters. The fraction of sp³-hybridized carbons (Fsp3) is 0. The van der Waals surface area contributed by atoms with Crippen LogP contribution in [0.2, 0.25) is 4.34 Å². The summed E-state index contributed by atoms with van der Waals surface area (Å²) in [6.07, 6.45) is 0. The molecule has 146 valence electrons. The van der Waals surface area contributed by atoms with Gasteiger partial charge in [-0.05, 0) is 35.9 Å². The zero-order valence-corrected chi connectivity index (χ0v) is 16.0. The predicted molar refractivity (Wildman–Crippen MR) is 101 cm³/mol. The van der Waals surface area contributed by atoms with Crippen molar-refractivity contribution in [3.05, 3.63) is 64.0 Å². The van der Waals surface area contributed by atoms with Crippen LogP contribution in [0.4, 0.5) is 14.5 Å². The lowest BCUT2D eigenvalue weighted by Crippen LogP contribution is -2.11. The van der Waals surface area contributed by atoms with Gasteiger partial charge in [-0.3, -0.25) is 4.72 Å². The summed E-state index contributed by atoms with van der Waals surface area (Å²) in [4.78, 5) is 10.9. The largest absolute Gasteiger partial charge is 0.507 e. The number of carboxylic acid groups (broad SMARTS) is 1. The van der Waals surface area contributed by atoms with Crippen LogP contribution in [-0.2, 0) is 10.0 Å². The molecule has 0 spiro atoms. The number of anilines is 1. The van der Waals surface area contributed by atoms with Gasteiger partial charge in [-0.2, -0.15) is 0 Å². The first-order valence-electron chi connectivity index (χ1n) is 7.42. The number of phenols is 1. The standard InChI is InChI=1S/C17H10ClF2NO5S2/c18-16-13(8-3-9(19)5-10(20)4-8)7-15(27-16)28(25,26)21-11-1-2-12(17(23)24)14(22)6-11/h1-7,21-22H,(H,23,24). The van der Waals surface area contributed by atoms with Crippen molar-refractivity contribution in [3.63, 3.8) is 0 Å². The summed E-state index contributed by atoms with van der Waals surface area (Å²) in [6, 6.07) is 7.02. The lowest BCUT2D eigenvalue weighted by molar-refractivity contribution is 0.0693. The van der Waals surface area contributed by atoms with Crippen LogP contribution in [0, 0.1) is 11.6 Å². The molecule has 2 aromatic carbocycles. The minimum absolute atomic E-state index is 0.00875. The van der Waals surface area contributed by atoms with Crippen molar-refractivity contribution in [2.45, 2.75) is 4.21 Å². The lowest BCUT2D eigenvalue weighted by atomic mass is 10.1. The molecular formula is C17H10ClF2NO5S2. The second-order valence-electron chi connectivity index (χ2n) is 5.55. The Morgan fingerprint density at radius 1 is 1.07 bits per heavy atom. The van der Waals surface area contributed by atoms with Gasteiger partial charge in [0.05, 0.1) is 5.69 Å². The Bertz CT molecular complexity index is 1170. The number of rotatable bonds is 5. The zero-order valence-electron chi connectivity index (χ0n) is 13.6. The van der Waals surface area contributed by atoms with E-state index in [9.17, 15) is 27.1 Å². The van der Waals surface area contributed by atoms with Crippen LogP contribution in [0.15, 0.2) is 46.7 Å². The van der Waals surface area contributed by atoms with Crippen LogP contribution in [0.1, 0.15) is 10.4 Å². The van der Waals surface area contributed by atoms with Crippen molar-refractivity contribution in [2.24, 2.45) is 0 Å². The topological polar surface area (TPSA) is 104 Å². The maximum absolute atomic E-state index is 13.4. The summed E-state index contributed by atoms with van der Waals surface area (Å²) >= 11 is 6.72. The van der Waals surface area contributed by atoms with E-state index in [1.807, 2.05) is 0 Å². The monoisotopic (exact) mass is 445 g/mol. The number of hydrogen-bond donors (Lipinski definition) is 3. The Morgan fingerprint density at radius 2 is 1.71 bits per heavy atom. The smallest absolute Gasteiger partial charge is 0.339 e. The summed E-state index contributed by atoms with van der Waals surface area (Å²) in [5.74, 6) is -3.67. The molecule has 3 aromatic rings. The lowest BCUT2D eigenvalue weighted by Gasteiger charge is -2.07. The van der Waals surface area contributed by atoms with E-state index in [4.69, 9.17) is 16.7 Å².